The lowest BCUT2D eigenvalue weighted by Crippen LogP contribution is -2.63. The van der Waals surface area contributed by atoms with Crippen LogP contribution in [0, 0.1) is 0 Å². The van der Waals surface area contributed by atoms with Gasteiger partial charge < -0.3 is 10.1 Å². The Balaban J connectivity index is 1.68. The van der Waals surface area contributed by atoms with Crippen LogP contribution in [-0.4, -0.2) is 41.6 Å². The molecular weight excluding hydrogens is 328 g/mol. The van der Waals surface area contributed by atoms with E-state index in [1.54, 1.807) is 29.2 Å². The number of nitrogens with zero attached hydrogens (tertiary/aromatic N) is 1. The molecule has 0 saturated carbocycles. The molecule has 0 aromatic heterocycles. The highest BCUT2D eigenvalue weighted by Crippen LogP contribution is 2.19. The molecule has 1 aliphatic heterocycles. The molecule has 3 rings (SSSR count). The summed E-state index contributed by atoms with van der Waals surface area (Å²) in [5.74, 6) is -0.617. The van der Waals surface area contributed by atoms with Gasteiger partial charge in [-0.1, -0.05) is 48.5 Å². The highest BCUT2D eigenvalue weighted by Gasteiger charge is 2.37. The van der Waals surface area contributed by atoms with E-state index in [0.29, 0.717) is 12.1 Å². The number of amides is 1. The van der Waals surface area contributed by atoms with Gasteiger partial charge >= 0.3 is 12.1 Å². The molecule has 0 spiro atoms. The zero-order valence-corrected chi connectivity index (χ0v) is 15.1. The number of nitrogens with one attached hydrogen (secondary N) is 1. The van der Waals surface area contributed by atoms with E-state index >= 15 is 0 Å². The average Bonchev–Trinajstić information content (AvgIpc) is 2.66. The Kier molecular flexibility index (Phi) is 5.68. The van der Waals surface area contributed by atoms with Crippen LogP contribution in [0.5, 0.6) is 0 Å². The number of hydrogen-bond acceptors (Lipinski definition) is 4. The van der Waals surface area contributed by atoms with Crippen LogP contribution in [-0.2, 0) is 11.2 Å². The smallest absolute Gasteiger partial charge is 0.372 e. The number of rotatable bonds is 3. The van der Waals surface area contributed by atoms with Gasteiger partial charge in [0.25, 0.3) is 0 Å². The third kappa shape index (κ3) is 4.11. The van der Waals surface area contributed by atoms with Crippen LogP contribution in [0.3, 0.4) is 0 Å². The molecule has 1 amide bonds. The Morgan fingerprint density at radius 2 is 1.65 bits per heavy atom. The molecule has 1 unspecified atom stereocenters. The molecule has 136 valence electrons. The monoisotopic (exact) mass is 352 g/mol. The summed E-state index contributed by atoms with van der Waals surface area (Å²) in [6.07, 6.45) is 0.226. The standard InChI is InChI=1S/C21H24N2O3/c1-15-14-22-19(13-17-9-5-3-6-10-17)16(2)23(15)21(25)26-20(24)18-11-7-4-8-12-18/h3-12,15-16,19,22H,13-14H2,1-2H3/t15-,16+,19?/m0/s1. The maximum Gasteiger partial charge on any atom is 0.418 e. The van der Waals surface area contributed by atoms with Crippen molar-refractivity contribution < 1.29 is 14.3 Å². The van der Waals surface area contributed by atoms with Gasteiger partial charge in [0.15, 0.2) is 0 Å². The number of piperazine rings is 1. The summed E-state index contributed by atoms with van der Waals surface area (Å²) in [6.45, 7) is 4.61. The van der Waals surface area contributed by atoms with E-state index < -0.39 is 12.1 Å². The summed E-state index contributed by atoms with van der Waals surface area (Å²) in [4.78, 5) is 26.5. The van der Waals surface area contributed by atoms with E-state index in [1.807, 2.05) is 38.1 Å². The van der Waals surface area contributed by atoms with E-state index in [2.05, 4.69) is 17.4 Å². The third-order valence-corrected chi connectivity index (χ3v) is 4.87. The lowest BCUT2D eigenvalue weighted by Gasteiger charge is -2.43. The largest absolute Gasteiger partial charge is 0.418 e. The lowest BCUT2D eigenvalue weighted by molar-refractivity contribution is 0.0357. The highest BCUT2D eigenvalue weighted by molar-refractivity contribution is 5.96. The maximum absolute atomic E-state index is 12.7. The number of benzene rings is 2. The van der Waals surface area contributed by atoms with Crippen molar-refractivity contribution in [1.82, 2.24) is 10.2 Å². The topological polar surface area (TPSA) is 58.6 Å². The fourth-order valence-electron chi connectivity index (χ4n) is 3.41. The number of ether oxygens (including phenoxy) is 1. The van der Waals surface area contributed by atoms with Crippen molar-refractivity contribution in [3.63, 3.8) is 0 Å². The Bertz CT molecular complexity index is 748. The Morgan fingerprint density at radius 3 is 2.31 bits per heavy atom. The van der Waals surface area contributed by atoms with Gasteiger partial charge in [-0.3, -0.25) is 4.90 Å². The molecule has 1 fully saturated rings. The van der Waals surface area contributed by atoms with Crippen LogP contribution >= 0.6 is 0 Å². The third-order valence-electron chi connectivity index (χ3n) is 4.87. The van der Waals surface area contributed by atoms with Crippen molar-refractivity contribution in [2.45, 2.75) is 38.4 Å². The van der Waals surface area contributed by atoms with Gasteiger partial charge in [-0.2, -0.15) is 0 Å². The van der Waals surface area contributed by atoms with Crippen molar-refractivity contribution in [1.29, 1.82) is 0 Å². The van der Waals surface area contributed by atoms with Gasteiger partial charge in [-0.15, -0.1) is 0 Å². The predicted octanol–water partition coefficient (Wildman–Crippen LogP) is 3.26. The minimum absolute atomic E-state index is 0.0481. The van der Waals surface area contributed by atoms with E-state index in [0.717, 1.165) is 6.42 Å². The van der Waals surface area contributed by atoms with Crippen LogP contribution < -0.4 is 5.32 Å². The van der Waals surface area contributed by atoms with Crippen molar-refractivity contribution in [2.75, 3.05) is 6.54 Å². The molecule has 5 heteroatoms. The summed E-state index contributed by atoms with van der Waals surface area (Å²) in [5, 5.41) is 3.50. The van der Waals surface area contributed by atoms with E-state index in [1.165, 1.54) is 5.56 Å². The summed E-state index contributed by atoms with van der Waals surface area (Å²) in [5.41, 5.74) is 1.58. The van der Waals surface area contributed by atoms with Crippen molar-refractivity contribution in [2.24, 2.45) is 0 Å². The van der Waals surface area contributed by atoms with Gasteiger partial charge in [0.2, 0.25) is 0 Å². The van der Waals surface area contributed by atoms with Gasteiger partial charge in [0, 0.05) is 24.7 Å². The molecule has 26 heavy (non-hydrogen) atoms. The minimum Gasteiger partial charge on any atom is -0.372 e. The van der Waals surface area contributed by atoms with Gasteiger partial charge in [-0.25, -0.2) is 9.59 Å². The first-order valence-electron chi connectivity index (χ1n) is 8.93. The molecule has 1 saturated heterocycles. The number of esters is 1. The van der Waals surface area contributed by atoms with Crippen molar-refractivity contribution >= 4 is 12.1 Å². The summed E-state index contributed by atoms with van der Waals surface area (Å²) >= 11 is 0. The Hall–Kier alpha value is -2.66. The van der Waals surface area contributed by atoms with Crippen LogP contribution in [0.25, 0.3) is 0 Å². The van der Waals surface area contributed by atoms with E-state index in [9.17, 15) is 9.59 Å². The Labute approximate surface area is 154 Å². The molecule has 1 aliphatic rings. The zero-order chi connectivity index (χ0) is 18.5. The van der Waals surface area contributed by atoms with Crippen LogP contribution in [0.2, 0.25) is 0 Å². The van der Waals surface area contributed by atoms with Gasteiger partial charge in [0.05, 0.1) is 5.56 Å². The SMILES string of the molecule is C[C@@H]1C(Cc2ccccc2)NC[C@H](C)N1C(=O)OC(=O)c1ccccc1. The summed E-state index contributed by atoms with van der Waals surface area (Å²) < 4.78 is 5.14. The molecule has 0 aliphatic carbocycles. The average molecular weight is 352 g/mol. The lowest BCUT2D eigenvalue weighted by atomic mass is 9.95. The Morgan fingerprint density at radius 1 is 1.04 bits per heavy atom. The molecule has 0 radical (unpaired) electrons. The summed E-state index contributed by atoms with van der Waals surface area (Å²) in [6, 6.07) is 18.7. The second-order valence-electron chi connectivity index (χ2n) is 6.72. The molecule has 1 N–H and O–H groups in total. The predicted molar refractivity (Wildman–Crippen MR) is 100.0 cm³/mol. The van der Waals surface area contributed by atoms with Crippen molar-refractivity contribution in [3.05, 3.63) is 71.8 Å². The number of carbonyl (C=O) groups is 2. The maximum atomic E-state index is 12.7. The molecule has 1 heterocycles. The first kappa shape index (κ1) is 18.1. The van der Waals surface area contributed by atoms with E-state index in [4.69, 9.17) is 4.74 Å². The summed E-state index contributed by atoms with van der Waals surface area (Å²) in [7, 11) is 0. The first-order chi connectivity index (χ1) is 12.6. The number of hydrogen-bond donors (Lipinski definition) is 1. The molecule has 2 aromatic carbocycles. The van der Waals surface area contributed by atoms with Crippen LogP contribution in [0.1, 0.15) is 29.8 Å². The van der Waals surface area contributed by atoms with Gasteiger partial charge in [-0.05, 0) is 38.0 Å². The van der Waals surface area contributed by atoms with Crippen LogP contribution in [0.15, 0.2) is 60.7 Å². The molecule has 2 aromatic rings. The first-order valence-corrected chi connectivity index (χ1v) is 8.93. The second kappa shape index (κ2) is 8.15. The zero-order valence-electron chi connectivity index (χ0n) is 15.1. The number of carbonyl (C=O) groups excluding carboxylic acids is 2. The molecule has 3 atom stereocenters. The van der Waals surface area contributed by atoms with Crippen molar-refractivity contribution in [3.8, 4) is 0 Å². The quantitative estimate of drug-likeness (QED) is 0.680. The second-order valence-corrected chi connectivity index (χ2v) is 6.72. The minimum atomic E-state index is -0.617. The molecular formula is C21H24N2O3. The normalized spacial score (nSPS) is 22.7. The van der Waals surface area contributed by atoms with E-state index in [-0.39, 0.29) is 18.1 Å². The highest BCUT2D eigenvalue weighted by atomic mass is 16.6. The molecule has 5 nitrogen and oxygen atoms in total. The fraction of sp³-hybridized carbons (Fsp3) is 0.333. The molecule has 0 bridgehead atoms. The fourth-order valence-corrected chi connectivity index (χ4v) is 3.41. The van der Waals surface area contributed by atoms with Crippen LogP contribution in [0.4, 0.5) is 4.79 Å². The van der Waals surface area contributed by atoms with Gasteiger partial charge in [0.1, 0.15) is 0 Å².